The van der Waals surface area contributed by atoms with Crippen molar-refractivity contribution in [2.24, 2.45) is 5.73 Å². The van der Waals surface area contributed by atoms with E-state index in [1.165, 1.54) is 5.56 Å². The Hall–Kier alpha value is -1.65. The van der Waals surface area contributed by atoms with Gasteiger partial charge in [0.15, 0.2) is 0 Å². The summed E-state index contributed by atoms with van der Waals surface area (Å²) in [7, 11) is 0. The third-order valence-corrected chi connectivity index (χ3v) is 3.47. The first kappa shape index (κ1) is 13.8. The minimum absolute atomic E-state index is 0.0381. The van der Waals surface area contributed by atoms with Gasteiger partial charge in [-0.1, -0.05) is 38.1 Å². The highest BCUT2D eigenvalue weighted by molar-refractivity contribution is 5.64. The Morgan fingerprint density at radius 3 is 2.42 bits per heavy atom. The molecule has 0 saturated heterocycles. The molecule has 2 rings (SSSR count). The lowest BCUT2D eigenvalue weighted by Gasteiger charge is -2.09. The van der Waals surface area contributed by atoms with Crippen molar-refractivity contribution in [2.45, 2.75) is 32.7 Å². The second kappa shape index (κ2) is 5.99. The summed E-state index contributed by atoms with van der Waals surface area (Å²) in [5.74, 6) is 0. The molecule has 1 heterocycles. The Balaban J connectivity index is 2.34. The Bertz CT molecular complexity index is 531. The average Bonchev–Trinajstić information content (AvgIpc) is 2.89. The number of aromatic nitrogens is 2. The smallest absolute Gasteiger partial charge is 0.0684 e. The molecule has 0 aliphatic carbocycles. The molecular formula is C15H21N3O. The van der Waals surface area contributed by atoms with Crippen molar-refractivity contribution in [3.63, 3.8) is 0 Å². The maximum atomic E-state index is 9.05. The average molecular weight is 259 g/mol. The van der Waals surface area contributed by atoms with Crippen LogP contribution in [0.2, 0.25) is 0 Å². The lowest BCUT2D eigenvalue weighted by molar-refractivity contribution is 0.268. The SMILES string of the molecule is CCc1n[nH]c(-c2ccc([C@@H](N)CO)cc2)c1CC. The summed E-state index contributed by atoms with van der Waals surface area (Å²) < 4.78 is 0. The summed E-state index contributed by atoms with van der Waals surface area (Å²) in [5, 5.41) is 16.5. The fraction of sp³-hybridized carbons (Fsp3) is 0.400. The van der Waals surface area contributed by atoms with Crippen molar-refractivity contribution in [1.82, 2.24) is 10.2 Å². The van der Waals surface area contributed by atoms with Gasteiger partial charge in [-0.2, -0.15) is 5.10 Å². The van der Waals surface area contributed by atoms with Crippen molar-refractivity contribution in [2.75, 3.05) is 6.61 Å². The molecule has 0 radical (unpaired) electrons. The lowest BCUT2D eigenvalue weighted by Crippen LogP contribution is -2.14. The summed E-state index contributed by atoms with van der Waals surface area (Å²) in [6.45, 7) is 4.22. The molecule has 0 amide bonds. The molecule has 1 aromatic carbocycles. The fourth-order valence-corrected chi connectivity index (χ4v) is 2.32. The number of nitrogens with one attached hydrogen (secondary N) is 1. The Labute approximate surface area is 113 Å². The van der Waals surface area contributed by atoms with Crippen molar-refractivity contribution in [1.29, 1.82) is 0 Å². The largest absolute Gasteiger partial charge is 0.394 e. The van der Waals surface area contributed by atoms with Crippen LogP contribution >= 0.6 is 0 Å². The van der Waals surface area contributed by atoms with Gasteiger partial charge < -0.3 is 10.8 Å². The molecule has 1 atom stereocenters. The Morgan fingerprint density at radius 2 is 1.89 bits per heavy atom. The highest BCUT2D eigenvalue weighted by atomic mass is 16.3. The number of H-pyrrole nitrogens is 1. The molecule has 0 bridgehead atoms. The number of aliphatic hydroxyl groups excluding tert-OH is 1. The number of benzene rings is 1. The number of nitrogens with zero attached hydrogens (tertiary/aromatic N) is 1. The number of aryl methyl sites for hydroxylation is 1. The van der Waals surface area contributed by atoms with Gasteiger partial charge in [0.1, 0.15) is 0 Å². The highest BCUT2D eigenvalue weighted by Crippen LogP contribution is 2.25. The van der Waals surface area contributed by atoms with Crippen LogP contribution < -0.4 is 5.73 Å². The number of rotatable bonds is 5. The van der Waals surface area contributed by atoms with Crippen LogP contribution in [0.15, 0.2) is 24.3 Å². The zero-order valence-electron chi connectivity index (χ0n) is 11.5. The Kier molecular flexibility index (Phi) is 4.35. The molecule has 4 heteroatoms. The van der Waals surface area contributed by atoms with E-state index in [1.807, 2.05) is 24.3 Å². The third-order valence-electron chi connectivity index (χ3n) is 3.47. The van der Waals surface area contributed by atoms with Crippen LogP contribution in [0.5, 0.6) is 0 Å². The molecule has 1 aromatic heterocycles. The molecule has 0 unspecified atom stereocenters. The molecule has 4 nitrogen and oxygen atoms in total. The standard InChI is InChI=1S/C15H21N3O/c1-3-12-14(4-2)17-18-15(12)11-7-5-10(6-8-11)13(16)9-19/h5-8,13,19H,3-4,9,16H2,1-2H3,(H,17,18)/t13-/m0/s1. The third kappa shape index (κ3) is 2.69. The molecule has 4 N–H and O–H groups in total. The summed E-state index contributed by atoms with van der Waals surface area (Å²) in [6, 6.07) is 7.66. The van der Waals surface area contributed by atoms with Gasteiger partial charge in [0.05, 0.1) is 24.0 Å². The van der Waals surface area contributed by atoms with E-state index in [4.69, 9.17) is 10.8 Å². The lowest BCUT2D eigenvalue weighted by atomic mass is 10.00. The Morgan fingerprint density at radius 1 is 1.21 bits per heavy atom. The summed E-state index contributed by atoms with van der Waals surface area (Å²) in [6.07, 6.45) is 1.90. The zero-order chi connectivity index (χ0) is 13.8. The molecule has 102 valence electrons. The molecule has 0 aliphatic heterocycles. The van der Waals surface area contributed by atoms with Crippen LogP contribution in [0.4, 0.5) is 0 Å². The molecule has 0 spiro atoms. The zero-order valence-corrected chi connectivity index (χ0v) is 11.5. The summed E-state index contributed by atoms with van der Waals surface area (Å²) >= 11 is 0. The number of nitrogens with two attached hydrogens (primary N) is 1. The van der Waals surface area contributed by atoms with Crippen LogP contribution in [-0.4, -0.2) is 21.9 Å². The van der Waals surface area contributed by atoms with Gasteiger partial charge in [-0.25, -0.2) is 0 Å². The monoisotopic (exact) mass is 259 g/mol. The number of hydrogen-bond acceptors (Lipinski definition) is 3. The van der Waals surface area contributed by atoms with Gasteiger partial charge >= 0.3 is 0 Å². The van der Waals surface area contributed by atoms with Gasteiger partial charge in [-0.05, 0) is 24.0 Å². The van der Waals surface area contributed by atoms with Crippen LogP contribution in [0, 0.1) is 0 Å². The fourth-order valence-electron chi connectivity index (χ4n) is 2.32. The number of aromatic amines is 1. The molecule has 0 aliphatic rings. The number of hydrogen-bond donors (Lipinski definition) is 3. The van der Waals surface area contributed by atoms with Crippen molar-refractivity contribution < 1.29 is 5.11 Å². The van der Waals surface area contributed by atoms with Crippen LogP contribution in [0.3, 0.4) is 0 Å². The first-order valence-corrected chi connectivity index (χ1v) is 6.74. The van der Waals surface area contributed by atoms with E-state index in [9.17, 15) is 0 Å². The summed E-state index contributed by atoms with van der Waals surface area (Å²) in [4.78, 5) is 0. The van der Waals surface area contributed by atoms with Crippen molar-refractivity contribution in [3.8, 4) is 11.3 Å². The molecule has 0 saturated carbocycles. The number of aliphatic hydroxyl groups is 1. The van der Waals surface area contributed by atoms with E-state index >= 15 is 0 Å². The van der Waals surface area contributed by atoms with E-state index in [0.717, 1.165) is 35.4 Å². The minimum Gasteiger partial charge on any atom is -0.394 e. The second-order valence-corrected chi connectivity index (χ2v) is 4.64. The first-order chi connectivity index (χ1) is 9.21. The van der Waals surface area contributed by atoms with Gasteiger partial charge in [-0.3, -0.25) is 5.10 Å². The van der Waals surface area contributed by atoms with Crippen LogP contribution in [0.25, 0.3) is 11.3 Å². The van der Waals surface area contributed by atoms with Gasteiger partial charge in [0.25, 0.3) is 0 Å². The highest BCUT2D eigenvalue weighted by Gasteiger charge is 2.12. The van der Waals surface area contributed by atoms with Gasteiger partial charge in [0.2, 0.25) is 0 Å². The molecular weight excluding hydrogens is 238 g/mol. The predicted molar refractivity (Wildman–Crippen MR) is 76.8 cm³/mol. The predicted octanol–water partition coefficient (Wildman–Crippen LogP) is 2.19. The van der Waals surface area contributed by atoms with E-state index in [1.54, 1.807) is 0 Å². The van der Waals surface area contributed by atoms with Crippen molar-refractivity contribution >= 4 is 0 Å². The van der Waals surface area contributed by atoms with E-state index in [2.05, 4.69) is 24.0 Å². The molecule has 2 aromatic rings. The van der Waals surface area contributed by atoms with Gasteiger partial charge in [-0.15, -0.1) is 0 Å². The molecule has 0 fully saturated rings. The summed E-state index contributed by atoms with van der Waals surface area (Å²) in [5.41, 5.74) is 11.3. The van der Waals surface area contributed by atoms with E-state index in [0.29, 0.717) is 0 Å². The molecule has 19 heavy (non-hydrogen) atoms. The van der Waals surface area contributed by atoms with Crippen LogP contribution in [0.1, 0.15) is 36.7 Å². The second-order valence-electron chi connectivity index (χ2n) is 4.64. The van der Waals surface area contributed by atoms with Gasteiger partial charge in [0, 0.05) is 5.56 Å². The topological polar surface area (TPSA) is 74.9 Å². The van der Waals surface area contributed by atoms with E-state index in [-0.39, 0.29) is 12.6 Å². The minimum atomic E-state index is -0.312. The quantitative estimate of drug-likeness (QED) is 0.770. The maximum Gasteiger partial charge on any atom is 0.0684 e. The maximum absolute atomic E-state index is 9.05. The van der Waals surface area contributed by atoms with Crippen LogP contribution in [-0.2, 0) is 12.8 Å². The van der Waals surface area contributed by atoms with E-state index < -0.39 is 0 Å². The van der Waals surface area contributed by atoms with Crippen molar-refractivity contribution in [3.05, 3.63) is 41.1 Å². The first-order valence-electron chi connectivity index (χ1n) is 6.74. The normalized spacial score (nSPS) is 12.6.